The van der Waals surface area contributed by atoms with E-state index in [1.807, 2.05) is 0 Å². The molecule has 1 aromatic heterocycles. The largest absolute Gasteiger partial charge is 0.586 e. The van der Waals surface area contributed by atoms with Gasteiger partial charge in [-0.3, -0.25) is 0 Å². The van der Waals surface area contributed by atoms with Gasteiger partial charge < -0.3 is 14.8 Å². The molecule has 0 aliphatic carbocycles. The van der Waals surface area contributed by atoms with Gasteiger partial charge in [0.15, 0.2) is 23.1 Å². The van der Waals surface area contributed by atoms with Gasteiger partial charge >= 0.3 is 6.29 Å². The van der Waals surface area contributed by atoms with Crippen LogP contribution in [0.1, 0.15) is 0 Å². The summed E-state index contributed by atoms with van der Waals surface area (Å²) in [6.45, 7) is 0. The molecule has 1 N–H and O–H groups in total. The predicted octanol–water partition coefficient (Wildman–Crippen LogP) is 3.94. The Kier molecular flexibility index (Phi) is 2.86. The number of alkyl halides is 2. The summed E-state index contributed by atoms with van der Waals surface area (Å²) in [6, 6.07) is 5.05. The first-order valence-electron chi connectivity index (χ1n) is 5.41. The van der Waals surface area contributed by atoms with Gasteiger partial charge in [0, 0.05) is 18.0 Å². The molecule has 104 valence electrons. The van der Waals surface area contributed by atoms with E-state index in [1.165, 1.54) is 24.4 Å². The minimum atomic E-state index is -3.69. The minimum Gasteiger partial charge on any atom is -0.395 e. The van der Waals surface area contributed by atoms with Crippen LogP contribution in [0.3, 0.4) is 0 Å². The summed E-state index contributed by atoms with van der Waals surface area (Å²) in [4.78, 5) is 3.76. The second kappa shape index (κ2) is 4.45. The minimum absolute atomic E-state index is 0.0833. The summed E-state index contributed by atoms with van der Waals surface area (Å²) in [7, 11) is 0. The highest BCUT2D eigenvalue weighted by Gasteiger charge is 2.43. The van der Waals surface area contributed by atoms with Crippen LogP contribution in [-0.4, -0.2) is 11.3 Å². The number of benzene rings is 1. The lowest BCUT2D eigenvalue weighted by Crippen LogP contribution is -2.25. The van der Waals surface area contributed by atoms with Crippen LogP contribution < -0.4 is 14.8 Å². The molecule has 2 aromatic rings. The van der Waals surface area contributed by atoms with E-state index in [4.69, 9.17) is 11.6 Å². The highest BCUT2D eigenvalue weighted by molar-refractivity contribution is 6.30. The Morgan fingerprint density at radius 3 is 2.65 bits per heavy atom. The van der Waals surface area contributed by atoms with Gasteiger partial charge in [0.25, 0.3) is 0 Å². The lowest BCUT2D eigenvalue weighted by atomic mass is 10.2. The smallest absolute Gasteiger partial charge is 0.395 e. The number of nitrogens with zero attached hydrogens (tertiary/aromatic N) is 1. The van der Waals surface area contributed by atoms with Crippen LogP contribution in [0, 0.1) is 5.82 Å². The third kappa shape index (κ3) is 2.44. The average molecular weight is 303 g/mol. The van der Waals surface area contributed by atoms with Gasteiger partial charge in [-0.2, -0.15) is 0 Å². The van der Waals surface area contributed by atoms with E-state index < -0.39 is 12.1 Å². The molecule has 4 nitrogen and oxygen atoms in total. The van der Waals surface area contributed by atoms with Crippen LogP contribution in [0.5, 0.6) is 11.5 Å². The number of fused-ring (bicyclic) bond motifs is 1. The van der Waals surface area contributed by atoms with Crippen molar-refractivity contribution in [2.24, 2.45) is 0 Å². The predicted molar refractivity (Wildman–Crippen MR) is 65.1 cm³/mol. The molecule has 0 spiro atoms. The molecule has 0 radical (unpaired) electrons. The zero-order chi connectivity index (χ0) is 14.3. The van der Waals surface area contributed by atoms with Gasteiger partial charge in [0.2, 0.25) is 0 Å². The van der Waals surface area contributed by atoms with Gasteiger partial charge in [-0.1, -0.05) is 11.6 Å². The van der Waals surface area contributed by atoms with Gasteiger partial charge in [-0.15, -0.1) is 8.78 Å². The summed E-state index contributed by atoms with van der Waals surface area (Å²) >= 11 is 5.58. The van der Waals surface area contributed by atoms with E-state index in [1.54, 1.807) is 0 Å². The number of rotatable bonds is 2. The zero-order valence-electron chi connectivity index (χ0n) is 9.66. The number of ether oxygens (including phenoxy) is 2. The van der Waals surface area contributed by atoms with E-state index in [2.05, 4.69) is 19.8 Å². The van der Waals surface area contributed by atoms with Crippen LogP contribution >= 0.6 is 11.6 Å². The number of pyridine rings is 1. The summed E-state index contributed by atoms with van der Waals surface area (Å²) in [5.41, 5.74) is 0.318. The molecular weight excluding hydrogens is 297 g/mol. The van der Waals surface area contributed by atoms with E-state index >= 15 is 0 Å². The van der Waals surface area contributed by atoms with Gasteiger partial charge in [0.05, 0.1) is 5.02 Å². The number of hydrogen-bond donors (Lipinski definition) is 1. The number of aromatic nitrogens is 1. The van der Waals surface area contributed by atoms with Crippen LogP contribution in [0.15, 0.2) is 30.5 Å². The first-order chi connectivity index (χ1) is 9.43. The number of nitrogens with one attached hydrogen (secondary N) is 1. The van der Waals surface area contributed by atoms with Crippen molar-refractivity contribution in [3.63, 3.8) is 0 Å². The Morgan fingerprint density at radius 2 is 1.90 bits per heavy atom. The molecule has 3 rings (SSSR count). The molecule has 0 bridgehead atoms. The molecule has 1 aromatic carbocycles. The fourth-order valence-corrected chi connectivity index (χ4v) is 1.81. The van der Waals surface area contributed by atoms with Crippen molar-refractivity contribution in [3.05, 3.63) is 41.3 Å². The average Bonchev–Trinajstić information content (AvgIpc) is 2.66. The molecule has 8 heteroatoms. The maximum atomic E-state index is 13.5. The van der Waals surface area contributed by atoms with Crippen molar-refractivity contribution in [2.75, 3.05) is 5.32 Å². The van der Waals surface area contributed by atoms with Gasteiger partial charge in [-0.05, 0) is 18.2 Å². The second-order valence-corrected chi connectivity index (χ2v) is 4.37. The monoisotopic (exact) mass is 302 g/mol. The van der Waals surface area contributed by atoms with E-state index in [9.17, 15) is 13.2 Å². The lowest BCUT2D eigenvalue weighted by molar-refractivity contribution is -0.286. The molecule has 1 aliphatic heterocycles. The highest BCUT2D eigenvalue weighted by atomic mass is 35.5. The van der Waals surface area contributed by atoms with Crippen molar-refractivity contribution in [3.8, 4) is 11.5 Å². The molecule has 0 fully saturated rings. The molecule has 0 atom stereocenters. The van der Waals surface area contributed by atoms with E-state index in [0.29, 0.717) is 5.69 Å². The molecule has 0 saturated carbocycles. The highest BCUT2D eigenvalue weighted by Crippen LogP contribution is 2.42. The topological polar surface area (TPSA) is 43.4 Å². The van der Waals surface area contributed by atoms with Crippen LogP contribution in [0.25, 0.3) is 0 Å². The fraction of sp³-hybridized carbons (Fsp3) is 0.0833. The summed E-state index contributed by atoms with van der Waals surface area (Å²) < 4.78 is 47.8. The third-order valence-electron chi connectivity index (χ3n) is 2.47. The SMILES string of the molecule is Fc1cc(Cl)cnc1Nc1ccc2c(c1)OC(F)(F)O2. The third-order valence-corrected chi connectivity index (χ3v) is 2.68. The van der Waals surface area contributed by atoms with Crippen molar-refractivity contribution in [2.45, 2.75) is 6.29 Å². The van der Waals surface area contributed by atoms with Crippen LogP contribution in [-0.2, 0) is 0 Å². The second-order valence-electron chi connectivity index (χ2n) is 3.94. The maximum Gasteiger partial charge on any atom is 0.586 e. The van der Waals surface area contributed by atoms with Gasteiger partial charge in [-0.25, -0.2) is 9.37 Å². The Labute approximate surface area is 116 Å². The van der Waals surface area contributed by atoms with E-state index in [-0.39, 0.29) is 22.3 Å². The molecule has 0 unspecified atom stereocenters. The van der Waals surface area contributed by atoms with Crippen molar-refractivity contribution >= 4 is 23.1 Å². The first-order valence-corrected chi connectivity index (χ1v) is 5.79. The standard InChI is InChI=1S/C12H6ClF3N2O2/c13-6-3-8(14)11(17-5-6)18-7-1-2-9-10(4-7)20-12(15,16)19-9/h1-5H,(H,17,18). The molecule has 20 heavy (non-hydrogen) atoms. The normalized spacial score (nSPS) is 15.2. The summed E-state index contributed by atoms with van der Waals surface area (Å²) in [5, 5.41) is 2.78. The summed E-state index contributed by atoms with van der Waals surface area (Å²) in [6.07, 6.45) is -2.43. The molecule has 0 amide bonds. The molecular formula is C12H6ClF3N2O2. The summed E-state index contributed by atoms with van der Waals surface area (Å²) in [5.74, 6) is -0.986. The van der Waals surface area contributed by atoms with Crippen molar-refractivity contribution in [1.82, 2.24) is 4.98 Å². The van der Waals surface area contributed by atoms with Crippen LogP contribution in [0.4, 0.5) is 24.7 Å². The molecule has 2 heterocycles. The Morgan fingerprint density at radius 1 is 1.15 bits per heavy atom. The number of hydrogen-bond acceptors (Lipinski definition) is 4. The Bertz CT molecular complexity index is 682. The van der Waals surface area contributed by atoms with Crippen LogP contribution in [0.2, 0.25) is 5.02 Å². The van der Waals surface area contributed by atoms with Crippen molar-refractivity contribution < 1.29 is 22.6 Å². The van der Waals surface area contributed by atoms with Gasteiger partial charge in [0.1, 0.15) is 0 Å². The Hall–Kier alpha value is -2.15. The number of halogens is 4. The number of anilines is 2. The molecule has 0 saturated heterocycles. The first kappa shape index (κ1) is 12.9. The quantitative estimate of drug-likeness (QED) is 0.912. The maximum absolute atomic E-state index is 13.5. The molecule has 1 aliphatic rings. The zero-order valence-corrected chi connectivity index (χ0v) is 10.4. The van der Waals surface area contributed by atoms with E-state index in [0.717, 1.165) is 6.07 Å². The lowest BCUT2D eigenvalue weighted by Gasteiger charge is -2.07. The van der Waals surface area contributed by atoms with Crippen molar-refractivity contribution in [1.29, 1.82) is 0 Å². The fourth-order valence-electron chi connectivity index (χ4n) is 1.67. The Balaban J connectivity index is 1.86.